The summed E-state index contributed by atoms with van der Waals surface area (Å²) in [5.74, 6) is -0.433. The molecule has 0 saturated carbocycles. The van der Waals surface area contributed by atoms with Crippen molar-refractivity contribution in [3.05, 3.63) is 29.6 Å². The number of aromatic nitrogens is 1. The van der Waals surface area contributed by atoms with E-state index in [4.69, 9.17) is 15.2 Å². The molecular weight excluding hydrogens is 232 g/mol. The van der Waals surface area contributed by atoms with Crippen molar-refractivity contribution in [1.29, 1.82) is 0 Å². The van der Waals surface area contributed by atoms with E-state index < -0.39 is 5.97 Å². The molecule has 0 fully saturated rings. The first-order valence-corrected chi connectivity index (χ1v) is 6.17. The van der Waals surface area contributed by atoms with Crippen LogP contribution < -0.4 is 5.73 Å². The fourth-order valence-corrected chi connectivity index (χ4v) is 1.28. The second kappa shape index (κ2) is 8.60. The molecule has 5 nitrogen and oxygen atoms in total. The van der Waals surface area contributed by atoms with E-state index in [1.165, 1.54) is 0 Å². The molecule has 0 bridgehead atoms. The van der Waals surface area contributed by atoms with Gasteiger partial charge in [-0.2, -0.15) is 0 Å². The number of esters is 1. The fourth-order valence-electron chi connectivity index (χ4n) is 1.28. The molecule has 5 heteroatoms. The highest BCUT2D eigenvalue weighted by Gasteiger charge is 2.07. The Morgan fingerprint density at radius 3 is 2.78 bits per heavy atom. The van der Waals surface area contributed by atoms with Gasteiger partial charge in [-0.15, -0.1) is 0 Å². The Labute approximate surface area is 107 Å². The van der Waals surface area contributed by atoms with Gasteiger partial charge in [0.1, 0.15) is 12.3 Å². The Hall–Kier alpha value is -1.46. The Kier molecular flexibility index (Phi) is 6.98. The van der Waals surface area contributed by atoms with E-state index in [0.717, 1.165) is 18.4 Å². The van der Waals surface area contributed by atoms with Gasteiger partial charge < -0.3 is 15.2 Å². The molecule has 0 aliphatic heterocycles. The summed E-state index contributed by atoms with van der Waals surface area (Å²) in [6.45, 7) is 3.89. The second-order valence-electron chi connectivity index (χ2n) is 3.86. The van der Waals surface area contributed by atoms with Gasteiger partial charge in [0, 0.05) is 19.3 Å². The predicted octanol–water partition coefficient (Wildman–Crippen LogP) is 1.51. The Morgan fingerprint density at radius 1 is 1.33 bits per heavy atom. The van der Waals surface area contributed by atoms with Crippen LogP contribution in [0.1, 0.15) is 35.8 Å². The average molecular weight is 252 g/mol. The quantitative estimate of drug-likeness (QED) is 0.560. The lowest BCUT2D eigenvalue weighted by atomic mass is 10.2. The minimum Gasteiger partial charge on any atom is -0.459 e. The van der Waals surface area contributed by atoms with Gasteiger partial charge in [-0.05, 0) is 18.1 Å². The third kappa shape index (κ3) is 5.25. The van der Waals surface area contributed by atoms with Gasteiger partial charge in [0.25, 0.3) is 0 Å². The van der Waals surface area contributed by atoms with Gasteiger partial charge in [-0.3, -0.25) is 0 Å². The first kappa shape index (κ1) is 14.6. The molecule has 0 saturated heterocycles. The number of unbranched alkanes of at least 4 members (excludes halogenated alkanes) is 1. The van der Waals surface area contributed by atoms with Crippen molar-refractivity contribution in [2.45, 2.75) is 26.3 Å². The van der Waals surface area contributed by atoms with Crippen molar-refractivity contribution in [2.75, 3.05) is 19.8 Å². The molecular formula is C13H20N2O3. The zero-order valence-electron chi connectivity index (χ0n) is 10.7. The first-order valence-electron chi connectivity index (χ1n) is 6.17. The largest absolute Gasteiger partial charge is 0.459 e. The van der Waals surface area contributed by atoms with Crippen LogP contribution in [-0.2, 0) is 16.0 Å². The molecule has 18 heavy (non-hydrogen) atoms. The summed E-state index contributed by atoms with van der Waals surface area (Å²) in [5, 5.41) is 0. The number of hydrogen-bond acceptors (Lipinski definition) is 5. The van der Waals surface area contributed by atoms with Crippen LogP contribution in [0.25, 0.3) is 0 Å². The molecule has 1 aromatic rings. The van der Waals surface area contributed by atoms with Crippen molar-refractivity contribution in [2.24, 2.45) is 5.73 Å². The number of rotatable bonds is 8. The van der Waals surface area contributed by atoms with Gasteiger partial charge in [-0.25, -0.2) is 9.78 Å². The van der Waals surface area contributed by atoms with E-state index in [0.29, 0.717) is 25.5 Å². The lowest BCUT2D eigenvalue weighted by molar-refractivity contribution is 0.0308. The summed E-state index contributed by atoms with van der Waals surface area (Å²) in [6.07, 6.45) is 3.70. The number of pyridine rings is 1. The lowest BCUT2D eigenvalue weighted by Crippen LogP contribution is -2.12. The van der Waals surface area contributed by atoms with E-state index in [1.807, 2.05) is 0 Å². The van der Waals surface area contributed by atoms with Crippen LogP contribution in [0.3, 0.4) is 0 Å². The number of carbonyl (C=O) groups is 1. The Balaban J connectivity index is 2.23. The minimum absolute atomic E-state index is 0.253. The molecule has 0 amide bonds. The average Bonchev–Trinajstić information content (AvgIpc) is 2.42. The van der Waals surface area contributed by atoms with Crippen molar-refractivity contribution < 1.29 is 14.3 Å². The highest BCUT2D eigenvalue weighted by Crippen LogP contribution is 2.01. The lowest BCUT2D eigenvalue weighted by Gasteiger charge is -2.05. The maximum absolute atomic E-state index is 11.6. The Bertz CT molecular complexity index is 352. The summed E-state index contributed by atoms with van der Waals surface area (Å²) >= 11 is 0. The van der Waals surface area contributed by atoms with Crippen LogP contribution in [0, 0.1) is 0 Å². The molecule has 0 unspecified atom stereocenters. The minimum atomic E-state index is -0.433. The van der Waals surface area contributed by atoms with Crippen molar-refractivity contribution in [1.82, 2.24) is 4.98 Å². The van der Waals surface area contributed by atoms with Crippen LogP contribution in [0.5, 0.6) is 0 Å². The van der Waals surface area contributed by atoms with Gasteiger partial charge in [0.2, 0.25) is 0 Å². The van der Waals surface area contributed by atoms with Gasteiger partial charge in [0.05, 0.1) is 6.61 Å². The van der Waals surface area contributed by atoms with Gasteiger partial charge in [0.15, 0.2) is 0 Å². The number of hydrogen-bond donors (Lipinski definition) is 1. The van der Waals surface area contributed by atoms with Gasteiger partial charge >= 0.3 is 5.97 Å². The van der Waals surface area contributed by atoms with E-state index in [9.17, 15) is 4.79 Å². The van der Waals surface area contributed by atoms with Crippen LogP contribution in [0.2, 0.25) is 0 Å². The molecule has 0 aliphatic carbocycles. The second-order valence-corrected chi connectivity index (χ2v) is 3.86. The number of nitrogens with two attached hydrogens (primary N) is 1. The normalized spacial score (nSPS) is 10.3. The van der Waals surface area contributed by atoms with Gasteiger partial charge in [-0.1, -0.05) is 19.4 Å². The summed E-state index contributed by atoms with van der Waals surface area (Å²) in [4.78, 5) is 15.5. The van der Waals surface area contributed by atoms with Crippen molar-refractivity contribution >= 4 is 5.97 Å². The topological polar surface area (TPSA) is 74.4 Å². The summed E-state index contributed by atoms with van der Waals surface area (Å²) < 4.78 is 10.3. The number of ether oxygens (including phenoxy) is 2. The smallest absolute Gasteiger partial charge is 0.356 e. The summed E-state index contributed by atoms with van der Waals surface area (Å²) in [6, 6.07) is 3.38. The molecule has 1 aromatic heterocycles. The molecule has 0 radical (unpaired) electrons. The van der Waals surface area contributed by atoms with E-state index in [-0.39, 0.29) is 6.61 Å². The van der Waals surface area contributed by atoms with E-state index in [1.54, 1.807) is 18.3 Å². The zero-order chi connectivity index (χ0) is 13.2. The SMILES string of the molecule is CCCCOCCOC(=O)c1ccc(CN)cn1. The molecule has 0 aromatic carbocycles. The summed E-state index contributed by atoms with van der Waals surface area (Å²) in [5.41, 5.74) is 6.62. The van der Waals surface area contributed by atoms with Crippen LogP contribution in [-0.4, -0.2) is 30.8 Å². The van der Waals surface area contributed by atoms with Crippen molar-refractivity contribution in [3.63, 3.8) is 0 Å². The third-order valence-electron chi connectivity index (χ3n) is 2.37. The predicted molar refractivity (Wildman–Crippen MR) is 68.1 cm³/mol. The van der Waals surface area contributed by atoms with Crippen LogP contribution in [0.4, 0.5) is 0 Å². The molecule has 0 aliphatic rings. The van der Waals surface area contributed by atoms with Crippen LogP contribution in [0.15, 0.2) is 18.3 Å². The highest BCUT2D eigenvalue weighted by atomic mass is 16.6. The number of nitrogens with zero attached hydrogens (tertiary/aromatic N) is 1. The molecule has 1 heterocycles. The van der Waals surface area contributed by atoms with E-state index >= 15 is 0 Å². The maximum atomic E-state index is 11.6. The first-order chi connectivity index (χ1) is 8.77. The standard InChI is InChI=1S/C13H20N2O3/c1-2-3-6-17-7-8-18-13(16)12-5-4-11(9-14)10-15-12/h4-5,10H,2-3,6-9,14H2,1H3. The molecule has 0 spiro atoms. The van der Waals surface area contributed by atoms with Crippen LogP contribution >= 0.6 is 0 Å². The number of carbonyl (C=O) groups excluding carboxylic acids is 1. The monoisotopic (exact) mass is 252 g/mol. The van der Waals surface area contributed by atoms with Crippen molar-refractivity contribution in [3.8, 4) is 0 Å². The third-order valence-corrected chi connectivity index (χ3v) is 2.37. The molecule has 2 N–H and O–H groups in total. The Morgan fingerprint density at radius 2 is 2.17 bits per heavy atom. The molecule has 100 valence electrons. The van der Waals surface area contributed by atoms with E-state index in [2.05, 4.69) is 11.9 Å². The fraction of sp³-hybridized carbons (Fsp3) is 0.538. The highest BCUT2D eigenvalue weighted by molar-refractivity contribution is 5.87. The molecule has 1 rings (SSSR count). The summed E-state index contributed by atoms with van der Waals surface area (Å²) in [7, 11) is 0. The zero-order valence-corrected chi connectivity index (χ0v) is 10.7. The molecule has 0 atom stereocenters. The maximum Gasteiger partial charge on any atom is 0.356 e.